The first-order chi connectivity index (χ1) is 6.25. The Kier molecular flexibility index (Phi) is 1.73. The molecular weight excluding hydrogens is 164 g/mol. The summed E-state index contributed by atoms with van der Waals surface area (Å²) in [6.45, 7) is 2.00. The van der Waals surface area contributed by atoms with Crippen molar-refractivity contribution in [2.45, 2.75) is 6.92 Å². The molecule has 2 N–H and O–H groups in total. The number of aryl methyl sites for hydroxylation is 1. The van der Waals surface area contributed by atoms with Crippen molar-refractivity contribution in [3.8, 4) is 5.69 Å². The normalized spacial score (nSPS) is 10.2. The van der Waals surface area contributed by atoms with Crippen molar-refractivity contribution in [2.75, 3.05) is 5.73 Å². The molecule has 66 valence electrons. The number of rotatable bonds is 1. The van der Waals surface area contributed by atoms with Gasteiger partial charge in [0.1, 0.15) is 12.7 Å². The Labute approximate surface area is 76.0 Å². The lowest BCUT2D eigenvalue weighted by atomic mass is 10.2. The molecule has 0 radical (unpaired) electrons. The third-order valence-electron chi connectivity index (χ3n) is 1.80. The smallest absolute Gasteiger partial charge is 0.123 e. The van der Waals surface area contributed by atoms with Crippen molar-refractivity contribution < 1.29 is 0 Å². The van der Waals surface area contributed by atoms with E-state index in [9.17, 15) is 0 Å². The Morgan fingerprint density at radius 1 is 1.15 bits per heavy atom. The second kappa shape index (κ2) is 2.90. The summed E-state index contributed by atoms with van der Waals surface area (Å²) in [5.41, 5.74) is 8.58. The van der Waals surface area contributed by atoms with Crippen molar-refractivity contribution in [2.24, 2.45) is 0 Å². The molecule has 0 unspecified atom stereocenters. The van der Waals surface area contributed by atoms with Gasteiger partial charge in [-0.25, -0.2) is 0 Å². The zero-order chi connectivity index (χ0) is 9.26. The SMILES string of the molecule is Cc1cc(N)cc(-n2cnnc2)c1. The van der Waals surface area contributed by atoms with Crippen LogP contribution in [0.2, 0.25) is 0 Å². The topological polar surface area (TPSA) is 56.7 Å². The molecule has 0 fully saturated rings. The van der Waals surface area contributed by atoms with Crippen LogP contribution in [0.1, 0.15) is 5.56 Å². The standard InChI is InChI=1S/C9H10N4/c1-7-2-8(10)4-9(3-7)13-5-11-12-6-13/h2-6H,10H2,1H3. The number of hydrogen-bond donors (Lipinski definition) is 1. The highest BCUT2D eigenvalue weighted by atomic mass is 15.2. The summed E-state index contributed by atoms with van der Waals surface area (Å²) in [4.78, 5) is 0. The minimum Gasteiger partial charge on any atom is -0.399 e. The molecule has 1 aromatic carbocycles. The van der Waals surface area contributed by atoms with Gasteiger partial charge in [0.15, 0.2) is 0 Å². The fraction of sp³-hybridized carbons (Fsp3) is 0.111. The van der Waals surface area contributed by atoms with Gasteiger partial charge in [0, 0.05) is 5.69 Å². The molecule has 4 nitrogen and oxygen atoms in total. The number of nitrogens with zero attached hydrogens (tertiary/aromatic N) is 3. The molecule has 0 atom stereocenters. The summed E-state index contributed by atoms with van der Waals surface area (Å²) in [6, 6.07) is 5.84. The average Bonchev–Trinajstić information content (AvgIpc) is 2.53. The Morgan fingerprint density at radius 3 is 2.46 bits per heavy atom. The van der Waals surface area contributed by atoms with Crippen molar-refractivity contribution in [3.63, 3.8) is 0 Å². The first kappa shape index (κ1) is 7.79. The van der Waals surface area contributed by atoms with Crippen molar-refractivity contribution in [1.82, 2.24) is 14.8 Å². The largest absolute Gasteiger partial charge is 0.399 e. The highest BCUT2D eigenvalue weighted by Gasteiger charge is 1.97. The minimum absolute atomic E-state index is 0.753. The second-order valence-corrected chi connectivity index (χ2v) is 2.97. The number of nitrogen functional groups attached to an aromatic ring is 1. The number of benzene rings is 1. The summed E-state index contributed by atoms with van der Waals surface area (Å²) in [5, 5.41) is 7.46. The lowest BCUT2D eigenvalue weighted by Crippen LogP contribution is -1.94. The Bertz CT molecular complexity index is 385. The van der Waals surface area contributed by atoms with Gasteiger partial charge in [0.05, 0.1) is 5.69 Å². The van der Waals surface area contributed by atoms with Gasteiger partial charge >= 0.3 is 0 Å². The molecule has 0 aliphatic heterocycles. The molecule has 13 heavy (non-hydrogen) atoms. The molecule has 0 aliphatic carbocycles. The zero-order valence-corrected chi connectivity index (χ0v) is 7.31. The molecule has 0 aliphatic rings. The van der Waals surface area contributed by atoms with E-state index in [0.29, 0.717) is 0 Å². The van der Waals surface area contributed by atoms with Crippen LogP contribution < -0.4 is 5.73 Å². The summed E-state index contributed by atoms with van der Waals surface area (Å²) < 4.78 is 1.82. The molecule has 0 amide bonds. The van der Waals surface area contributed by atoms with Gasteiger partial charge in [0.2, 0.25) is 0 Å². The van der Waals surface area contributed by atoms with E-state index in [-0.39, 0.29) is 0 Å². The van der Waals surface area contributed by atoms with E-state index in [2.05, 4.69) is 10.2 Å². The van der Waals surface area contributed by atoms with Gasteiger partial charge in [-0.05, 0) is 30.7 Å². The lowest BCUT2D eigenvalue weighted by molar-refractivity contribution is 1.05. The van der Waals surface area contributed by atoms with Gasteiger partial charge in [-0.15, -0.1) is 10.2 Å². The molecular formula is C9H10N4. The summed E-state index contributed by atoms with van der Waals surface area (Å²) in [6.07, 6.45) is 3.29. The summed E-state index contributed by atoms with van der Waals surface area (Å²) in [7, 11) is 0. The van der Waals surface area contributed by atoms with Crippen molar-refractivity contribution in [3.05, 3.63) is 36.4 Å². The van der Waals surface area contributed by atoms with E-state index in [4.69, 9.17) is 5.73 Å². The van der Waals surface area contributed by atoms with Crippen LogP contribution in [0, 0.1) is 6.92 Å². The summed E-state index contributed by atoms with van der Waals surface area (Å²) in [5.74, 6) is 0. The van der Waals surface area contributed by atoms with Crippen molar-refractivity contribution >= 4 is 5.69 Å². The van der Waals surface area contributed by atoms with Crippen LogP contribution in [0.4, 0.5) is 5.69 Å². The predicted molar refractivity (Wildman–Crippen MR) is 50.5 cm³/mol. The van der Waals surface area contributed by atoms with Crippen LogP contribution >= 0.6 is 0 Å². The summed E-state index contributed by atoms with van der Waals surface area (Å²) >= 11 is 0. The highest BCUT2D eigenvalue weighted by Crippen LogP contribution is 2.14. The average molecular weight is 174 g/mol. The maximum atomic E-state index is 5.71. The zero-order valence-electron chi connectivity index (χ0n) is 7.31. The van der Waals surface area contributed by atoms with Crippen LogP contribution in [0.15, 0.2) is 30.9 Å². The van der Waals surface area contributed by atoms with Crippen LogP contribution in [-0.4, -0.2) is 14.8 Å². The fourth-order valence-corrected chi connectivity index (χ4v) is 1.28. The molecule has 0 bridgehead atoms. The Morgan fingerprint density at radius 2 is 1.85 bits per heavy atom. The van der Waals surface area contributed by atoms with Gasteiger partial charge < -0.3 is 5.73 Å². The van der Waals surface area contributed by atoms with E-state index in [1.807, 2.05) is 29.7 Å². The van der Waals surface area contributed by atoms with E-state index >= 15 is 0 Å². The Hall–Kier alpha value is -1.84. The van der Waals surface area contributed by atoms with E-state index in [1.165, 1.54) is 0 Å². The quantitative estimate of drug-likeness (QED) is 0.660. The van der Waals surface area contributed by atoms with E-state index in [1.54, 1.807) is 12.7 Å². The molecule has 0 spiro atoms. The first-order valence-corrected chi connectivity index (χ1v) is 3.98. The molecule has 2 rings (SSSR count). The second-order valence-electron chi connectivity index (χ2n) is 2.97. The van der Waals surface area contributed by atoms with Gasteiger partial charge in [-0.2, -0.15) is 0 Å². The molecule has 1 heterocycles. The fourth-order valence-electron chi connectivity index (χ4n) is 1.28. The van der Waals surface area contributed by atoms with E-state index < -0.39 is 0 Å². The van der Waals surface area contributed by atoms with Crippen molar-refractivity contribution in [1.29, 1.82) is 0 Å². The van der Waals surface area contributed by atoms with Crippen LogP contribution in [0.25, 0.3) is 5.69 Å². The molecule has 4 heteroatoms. The van der Waals surface area contributed by atoms with Crippen LogP contribution in [0.3, 0.4) is 0 Å². The van der Waals surface area contributed by atoms with E-state index in [0.717, 1.165) is 16.9 Å². The van der Waals surface area contributed by atoms with Gasteiger partial charge in [0.25, 0.3) is 0 Å². The molecule has 0 saturated carbocycles. The van der Waals surface area contributed by atoms with Gasteiger partial charge in [-0.3, -0.25) is 4.57 Å². The maximum absolute atomic E-state index is 5.71. The molecule has 2 aromatic rings. The lowest BCUT2D eigenvalue weighted by Gasteiger charge is -2.03. The predicted octanol–water partition coefficient (Wildman–Crippen LogP) is 1.16. The minimum atomic E-state index is 0.753. The maximum Gasteiger partial charge on any atom is 0.123 e. The van der Waals surface area contributed by atoms with Gasteiger partial charge in [-0.1, -0.05) is 0 Å². The highest BCUT2D eigenvalue weighted by molar-refractivity contribution is 5.50. The Balaban J connectivity index is 2.53. The van der Waals surface area contributed by atoms with Crippen LogP contribution in [-0.2, 0) is 0 Å². The molecule has 0 saturated heterocycles. The molecule has 1 aromatic heterocycles. The third-order valence-corrected chi connectivity index (χ3v) is 1.80. The number of hydrogen-bond acceptors (Lipinski definition) is 3. The van der Waals surface area contributed by atoms with Crippen LogP contribution in [0.5, 0.6) is 0 Å². The third kappa shape index (κ3) is 1.51. The number of nitrogens with two attached hydrogens (primary N) is 1. The monoisotopic (exact) mass is 174 g/mol. The number of aromatic nitrogens is 3. The number of anilines is 1. The first-order valence-electron chi connectivity index (χ1n) is 3.98.